The third-order valence-electron chi connectivity index (χ3n) is 3.03. The average molecular weight is 212 g/mol. The molecule has 2 nitrogen and oxygen atoms in total. The van der Waals surface area contributed by atoms with Crippen molar-refractivity contribution in [3.05, 3.63) is 48.0 Å². The van der Waals surface area contributed by atoms with Crippen LogP contribution in [-0.4, -0.2) is 5.97 Å². The summed E-state index contributed by atoms with van der Waals surface area (Å²) in [5.41, 5.74) is 1.10. The predicted molar refractivity (Wildman–Crippen MR) is 62.0 cm³/mol. The molecule has 0 aliphatic carbocycles. The van der Waals surface area contributed by atoms with E-state index in [1.165, 1.54) is 10.8 Å². The van der Waals surface area contributed by atoms with Crippen LogP contribution in [0.4, 0.5) is 0 Å². The van der Waals surface area contributed by atoms with Gasteiger partial charge in [-0.25, -0.2) is 0 Å². The first-order valence-electron chi connectivity index (χ1n) is 5.51. The minimum atomic E-state index is -0.0850. The molecule has 2 aromatic rings. The van der Waals surface area contributed by atoms with Crippen LogP contribution < -0.4 is 0 Å². The van der Waals surface area contributed by atoms with E-state index in [-0.39, 0.29) is 12.1 Å². The van der Waals surface area contributed by atoms with Gasteiger partial charge in [-0.1, -0.05) is 36.4 Å². The molecule has 0 radical (unpaired) electrons. The molecule has 0 aromatic heterocycles. The highest BCUT2D eigenvalue weighted by atomic mass is 16.5. The van der Waals surface area contributed by atoms with Crippen LogP contribution in [0.5, 0.6) is 0 Å². The quantitative estimate of drug-likeness (QED) is 0.678. The minimum Gasteiger partial charge on any atom is -0.457 e. The van der Waals surface area contributed by atoms with Crippen LogP contribution in [-0.2, 0) is 9.53 Å². The summed E-state index contributed by atoms with van der Waals surface area (Å²) < 4.78 is 5.26. The number of cyclic esters (lactones) is 1. The van der Waals surface area contributed by atoms with Crippen molar-refractivity contribution >= 4 is 16.7 Å². The smallest absolute Gasteiger partial charge is 0.306 e. The van der Waals surface area contributed by atoms with Crippen molar-refractivity contribution in [2.24, 2.45) is 0 Å². The number of benzene rings is 2. The zero-order valence-corrected chi connectivity index (χ0v) is 8.85. The Hall–Kier alpha value is -1.83. The van der Waals surface area contributed by atoms with E-state index >= 15 is 0 Å². The minimum absolute atomic E-state index is 0.0443. The lowest BCUT2D eigenvalue weighted by molar-refractivity contribution is -0.141. The molecule has 0 unspecified atom stereocenters. The number of fused-ring (bicyclic) bond motifs is 1. The fourth-order valence-corrected chi connectivity index (χ4v) is 2.17. The number of carbonyl (C=O) groups excluding carboxylic acids is 1. The Kier molecular flexibility index (Phi) is 2.13. The molecule has 1 heterocycles. The van der Waals surface area contributed by atoms with E-state index in [9.17, 15) is 4.79 Å². The zero-order chi connectivity index (χ0) is 11.0. The number of hydrogen-bond acceptors (Lipinski definition) is 2. The van der Waals surface area contributed by atoms with Gasteiger partial charge in [0.2, 0.25) is 0 Å². The molecule has 1 aliphatic rings. The van der Waals surface area contributed by atoms with Crippen molar-refractivity contribution in [2.75, 3.05) is 0 Å². The summed E-state index contributed by atoms with van der Waals surface area (Å²) in [5.74, 6) is -0.0850. The van der Waals surface area contributed by atoms with Gasteiger partial charge in [-0.3, -0.25) is 4.79 Å². The van der Waals surface area contributed by atoms with Gasteiger partial charge in [0, 0.05) is 6.42 Å². The number of ether oxygens (including phenoxy) is 1. The number of hydrogen-bond donors (Lipinski definition) is 0. The molecule has 0 saturated carbocycles. The van der Waals surface area contributed by atoms with Gasteiger partial charge in [0.15, 0.2) is 0 Å². The Labute approximate surface area is 93.8 Å². The molecule has 0 N–H and O–H groups in total. The lowest BCUT2D eigenvalue weighted by Crippen LogP contribution is -1.98. The first kappa shape index (κ1) is 9.40. The molecule has 1 saturated heterocycles. The van der Waals surface area contributed by atoms with Gasteiger partial charge >= 0.3 is 5.97 Å². The highest BCUT2D eigenvalue weighted by molar-refractivity contribution is 5.83. The van der Waals surface area contributed by atoms with Crippen LogP contribution in [0.15, 0.2) is 42.5 Å². The van der Waals surface area contributed by atoms with Crippen LogP contribution in [0.25, 0.3) is 10.8 Å². The molecular weight excluding hydrogens is 200 g/mol. The van der Waals surface area contributed by atoms with Gasteiger partial charge < -0.3 is 4.74 Å². The fraction of sp³-hybridized carbons (Fsp3) is 0.214. The van der Waals surface area contributed by atoms with Crippen LogP contribution in [0.1, 0.15) is 24.5 Å². The van der Waals surface area contributed by atoms with Gasteiger partial charge in [-0.15, -0.1) is 0 Å². The predicted octanol–water partition coefficient (Wildman–Crippen LogP) is 3.22. The van der Waals surface area contributed by atoms with Crippen molar-refractivity contribution < 1.29 is 9.53 Å². The largest absolute Gasteiger partial charge is 0.457 e. The second kappa shape index (κ2) is 3.63. The molecule has 80 valence electrons. The molecule has 0 amide bonds. The van der Waals surface area contributed by atoms with E-state index in [0.717, 1.165) is 12.0 Å². The van der Waals surface area contributed by atoms with Crippen LogP contribution in [0.2, 0.25) is 0 Å². The second-order valence-corrected chi connectivity index (χ2v) is 4.12. The number of carbonyl (C=O) groups is 1. The molecule has 0 spiro atoms. The second-order valence-electron chi connectivity index (χ2n) is 4.12. The Morgan fingerprint density at radius 1 is 1.06 bits per heavy atom. The van der Waals surface area contributed by atoms with Crippen LogP contribution in [0.3, 0.4) is 0 Å². The number of rotatable bonds is 1. The maximum atomic E-state index is 11.1. The van der Waals surface area contributed by atoms with Gasteiger partial charge in [-0.05, 0) is 28.8 Å². The van der Waals surface area contributed by atoms with E-state index in [0.29, 0.717) is 6.42 Å². The molecule has 3 rings (SSSR count). The standard InChI is InChI=1S/C14H12O2/c15-14-8-7-13(16-14)12-6-5-10-3-1-2-4-11(10)9-12/h1-6,9,13H,7-8H2/t13-/m1/s1. The highest BCUT2D eigenvalue weighted by Crippen LogP contribution is 2.31. The topological polar surface area (TPSA) is 26.3 Å². The Balaban J connectivity index is 2.02. The SMILES string of the molecule is O=C1CC[C@H](c2ccc3ccccc3c2)O1. The van der Waals surface area contributed by atoms with Gasteiger partial charge in [0.1, 0.15) is 6.10 Å². The van der Waals surface area contributed by atoms with E-state index < -0.39 is 0 Å². The summed E-state index contributed by atoms with van der Waals surface area (Å²) >= 11 is 0. The normalized spacial score (nSPS) is 20.0. The van der Waals surface area contributed by atoms with Crippen molar-refractivity contribution in [1.29, 1.82) is 0 Å². The summed E-state index contributed by atoms with van der Waals surface area (Å²) in [7, 11) is 0. The molecule has 1 atom stereocenters. The molecule has 16 heavy (non-hydrogen) atoms. The molecule has 1 aliphatic heterocycles. The van der Waals surface area contributed by atoms with Crippen molar-refractivity contribution in [1.82, 2.24) is 0 Å². The lowest BCUT2D eigenvalue weighted by atomic mass is 10.0. The third-order valence-corrected chi connectivity index (χ3v) is 3.03. The first-order valence-corrected chi connectivity index (χ1v) is 5.51. The average Bonchev–Trinajstić information content (AvgIpc) is 2.75. The summed E-state index contributed by atoms with van der Waals surface area (Å²) in [6.07, 6.45) is 1.30. The fourth-order valence-electron chi connectivity index (χ4n) is 2.17. The maximum Gasteiger partial charge on any atom is 0.306 e. The van der Waals surface area contributed by atoms with Gasteiger partial charge in [0.25, 0.3) is 0 Å². The van der Waals surface area contributed by atoms with Crippen molar-refractivity contribution in [3.63, 3.8) is 0 Å². The Morgan fingerprint density at radius 3 is 2.62 bits per heavy atom. The van der Waals surface area contributed by atoms with Gasteiger partial charge in [-0.2, -0.15) is 0 Å². The van der Waals surface area contributed by atoms with E-state index in [4.69, 9.17) is 4.74 Å². The third kappa shape index (κ3) is 1.56. The highest BCUT2D eigenvalue weighted by Gasteiger charge is 2.24. The molecule has 2 heteroatoms. The van der Waals surface area contributed by atoms with Crippen LogP contribution in [0, 0.1) is 0 Å². The molecule has 0 bridgehead atoms. The Bertz CT molecular complexity index is 545. The summed E-state index contributed by atoms with van der Waals surface area (Å²) in [6.45, 7) is 0. The molecule has 1 fully saturated rings. The molecular formula is C14H12O2. The van der Waals surface area contributed by atoms with E-state index in [1.807, 2.05) is 18.2 Å². The molecule has 2 aromatic carbocycles. The Morgan fingerprint density at radius 2 is 1.88 bits per heavy atom. The summed E-state index contributed by atoms with van der Waals surface area (Å²) in [4.78, 5) is 11.1. The van der Waals surface area contributed by atoms with Crippen molar-refractivity contribution in [3.8, 4) is 0 Å². The number of esters is 1. The first-order chi connectivity index (χ1) is 7.83. The summed E-state index contributed by atoms with van der Waals surface area (Å²) in [6, 6.07) is 14.4. The maximum absolute atomic E-state index is 11.1. The zero-order valence-electron chi connectivity index (χ0n) is 8.85. The van der Waals surface area contributed by atoms with Crippen LogP contribution >= 0.6 is 0 Å². The lowest BCUT2D eigenvalue weighted by Gasteiger charge is -2.10. The van der Waals surface area contributed by atoms with Gasteiger partial charge in [0.05, 0.1) is 0 Å². The monoisotopic (exact) mass is 212 g/mol. The van der Waals surface area contributed by atoms with Crippen molar-refractivity contribution in [2.45, 2.75) is 18.9 Å². The van der Waals surface area contributed by atoms with E-state index in [1.54, 1.807) is 0 Å². The summed E-state index contributed by atoms with van der Waals surface area (Å²) in [5, 5.41) is 2.42. The van der Waals surface area contributed by atoms with E-state index in [2.05, 4.69) is 24.3 Å².